The highest BCUT2D eigenvalue weighted by atomic mass is 35.5. The second kappa shape index (κ2) is 8.57. The Morgan fingerprint density at radius 2 is 1.68 bits per heavy atom. The molecule has 1 aliphatic heterocycles. The summed E-state index contributed by atoms with van der Waals surface area (Å²) in [6.07, 6.45) is 7.25. The molecule has 0 atom stereocenters. The van der Waals surface area contributed by atoms with Gasteiger partial charge in [-0.25, -0.2) is 8.42 Å². The lowest BCUT2D eigenvalue weighted by Gasteiger charge is -2.40. The second-order valence-electron chi connectivity index (χ2n) is 8.38. The molecule has 0 aromatic heterocycles. The van der Waals surface area contributed by atoms with Crippen molar-refractivity contribution in [1.29, 1.82) is 0 Å². The molecule has 0 radical (unpaired) electrons. The van der Waals surface area contributed by atoms with Crippen LogP contribution in [-0.2, 0) is 14.6 Å². The normalized spacial score (nSPS) is 27.2. The van der Waals surface area contributed by atoms with Crippen LogP contribution < -0.4 is 10.6 Å². The summed E-state index contributed by atoms with van der Waals surface area (Å²) >= 11 is 0. The van der Waals surface area contributed by atoms with Crippen molar-refractivity contribution < 1.29 is 13.2 Å². The first-order valence-corrected chi connectivity index (χ1v) is 11.2. The lowest BCUT2D eigenvalue weighted by Crippen LogP contribution is -2.59. The fourth-order valence-electron chi connectivity index (χ4n) is 4.22. The Labute approximate surface area is 159 Å². The van der Waals surface area contributed by atoms with E-state index in [4.69, 9.17) is 0 Å². The average molecular weight is 395 g/mol. The molecule has 1 saturated heterocycles. The zero-order chi connectivity index (χ0) is 18.0. The summed E-state index contributed by atoms with van der Waals surface area (Å²) < 4.78 is 23.4. The first-order chi connectivity index (χ1) is 11.1. The summed E-state index contributed by atoms with van der Waals surface area (Å²) in [6.45, 7) is 8.05. The Kier molecular flexibility index (Phi) is 7.79. The SMILES string of the molecule is CCC(C)(C)C1CCC(NC(=O)C2(S(C)(=O)=O)CCNCC2)CC1.Cl. The highest BCUT2D eigenvalue weighted by molar-refractivity contribution is 7.92. The van der Waals surface area contributed by atoms with Gasteiger partial charge in [-0.1, -0.05) is 27.2 Å². The molecule has 25 heavy (non-hydrogen) atoms. The van der Waals surface area contributed by atoms with Gasteiger partial charge in [-0.15, -0.1) is 12.4 Å². The summed E-state index contributed by atoms with van der Waals surface area (Å²) in [5.41, 5.74) is 0.345. The molecular weight excluding hydrogens is 360 g/mol. The number of nitrogens with one attached hydrogen (secondary N) is 2. The van der Waals surface area contributed by atoms with Crippen molar-refractivity contribution in [2.45, 2.75) is 76.5 Å². The number of carbonyl (C=O) groups excluding carboxylic acids is 1. The largest absolute Gasteiger partial charge is 0.352 e. The minimum absolute atomic E-state index is 0. The summed E-state index contributed by atoms with van der Waals surface area (Å²) in [5, 5.41) is 6.23. The molecule has 2 N–H and O–H groups in total. The monoisotopic (exact) mass is 394 g/mol. The predicted molar refractivity (Wildman–Crippen MR) is 105 cm³/mol. The molecule has 0 unspecified atom stereocenters. The molecule has 0 spiro atoms. The van der Waals surface area contributed by atoms with Gasteiger partial charge < -0.3 is 10.6 Å². The third-order valence-corrected chi connectivity index (χ3v) is 8.63. The highest BCUT2D eigenvalue weighted by Crippen LogP contribution is 2.40. The number of sulfone groups is 1. The molecule has 1 heterocycles. The van der Waals surface area contributed by atoms with Crippen molar-refractivity contribution in [2.24, 2.45) is 11.3 Å². The van der Waals surface area contributed by atoms with Gasteiger partial charge in [0.2, 0.25) is 5.91 Å². The molecule has 0 bridgehead atoms. The number of carbonyl (C=O) groups is 1. The van der Waals surface area contributed by atoms with Gasteiger partial charge in [-0.2, -0.15) is 0 Å². The van der Waals surface area contributed by atoms with E-state index >= 15 is 0 Å². The Bertz CT molecular complexity index is 549. The molecule has 148 valence electrons. The maximum absolute atomic E-state index is 12.9. The third-order valence-electron chi connectivity index (χ3n) is 6.61. The zero-order valence-corrected chi connectivity index (χ0v) is 17.7. The van der Waals surface area contributed by atoms with Crippen molar-refractivity contribution in [1.82, 2.24) is 10.6 Å². The molecule has 2 aliphatic rings. The Balaban J connectivity index is 0.00000312. The van der Waals surface area contributed by atoms with Gasteiger partial charge >= 0.3 is 0 Å². The number of amides is 1. The van der Waals surface area contributed by atoms with E-state index in [1.165, 1.54) is 12.7 Å². The molecular formula is C18H35ClN2O3S. The van der Waals surface area contributed by atoms with E-state index in [-0.39, 0.29) is 24.4 Å². The first-order valence-electron chi connectivity index (χ1n) is 9.34. The van der Waals surface area contributed by atoms with Crippen LogP contribution in [0.3, 0.4) is 0 Å². The summed E-state index contributed by atoms with van der Waals surface area (Å²) in [6, 6.07) is 0.120. The fourth-order valence-corrected chi connectivity index (χ4v) is 5.56. The van der Waals surface area contributed by atoms with Gasteiger partial charge in [0.05, 0.1) is 0 Å². The number of hydrogen-bond donors (Lipinski definition) is 2. The van der Waals surface area contributed by atoms with Crippen LogP contribution in [-0.4, -0.2) is 44.5 Å². The van der Waals surface area contributed by atoms with Crippen molar-refractivity contribution in [3.63, 3.8) is 0 Å². The minimum Gasteiger partial charge on any atom is -0.352 e. The summed E-state index contributed by atoms with van der Waals surface area (Å²) in [4.78, 5) is 12.9. The second-order valence-corrected chi connectivity index (χ2v) is 10.7. The van der Waals surface area contributed by atoms with Crippen LogP contribution in [0.1, 0.15) is 65.7 Å². The van der Waals surface area contributed by atoms with E-state index in [1.54, 1.807) is 0 Å². The average Bonchev–Trinajstić information content (AvgIpc) is 2.55. The van der Waals surface area contributed by atoms with Gasteiger partial charge in [-0.3, -0.25) is 4.79 Å². The number of rotatable bonds is 5. The lowest BCUT2D eigenvalue weighted by atomic mass is 9.69. The van der Waals surface area contributed by atoms with Gasteiger partial charge in [0.15, 0.2) is 14.6 Å². The van der Waals surface area contributed by atoms with E-state index in [0.717, 1.165) is 25.7 Å². The molecule has 1 saturated carbocycles. The minimum atomic E-state index is -3.43. The third kappa shape index (κ3) is 4.89. The van der Waals surface area contributed by atoms with E-state index in [2.05, 4.69) is 31.4 Å². The zero-order valence-electron chi connectivity index (χ0n) is 16.1. The van der Waals surface area contributed by atoms with Crippen molar-refractivity contribution in [3.8, 4) is 0 Å². The summed E-state index contributed by atoms with van der Waals surface area (Å²) in [7, 11) is -3.43. The standard InChI is InChI=1S/C18H34N2O3S.ClH/c1-5-17(2,3)14-6-8-15(9-7-14)20-16(21)18(24(4,22)23)10-12-19-13-11-18;/h14-15,19H,5-13H2,1-4H3,(H,20,21);1H. The highest BCUT2D eigenvalue weighted by Gasteiger charge is 2.49. The van der Waals surface area contributed by atoms with Crippen LogP contribution in [0.4, 0.5) is 0 Å². The van der Waals surface area contributed by atoms with E-state index in [9.17, 15) is 13.2 Å². The number of piperidine rings is 1. The van der Waals surface area contributed by atoms with Gasteiger partial charge in [-0.05, 0) is 62.9 Å². The molecule has 2 rings (SSSR count). The van der Waals surface area contributed by atoms with Crippen LogP contribution in [0.25, 0.3) is 0 Å². The van der Waals surface area contributed by atoms with Gasteiger partial charge in [0, 0.05) is 12.3 Å². The maximum Gasteiger partial charge on any atom is 0.241 e. The summed E-state index contributed by atoms with van der Waals surface area (Å²) in [5.74, 6) is 0.420. The molecule has 1 amide bonds. The van der Waals surface area contributed by atoms with E-state index in [1.807, 2.05) is 0 Å². The molecule has 0 aromatic carbocycles. The van der Waals surface area contributed by atoms with E-state index < -0.39 is 14.6 Å². The van der Waals surface area contributed by atoms with Gasteiger partial charge in [0.25, 0.3) is 0 Å². The van der Waals surface area contributed by atoms with Crippen molar-refractivity contribution >= 4 is 28.2 Å². The quantitative estimate of drug-likeness (QED) is 0.751. The molecule has 2 fully saturated rings. The van der Waals surface area contributed by atoms with Crippen LogP contribution in [0.5, 0.6) is 0 Å². The molecule has 1 aliphatic carbocycles. The van der Waals surface area contributed by atoms with Crippen LogP contribution in [0, 0.1) is 11.3 Å². The van der Waals surface area contributed by atoms with Crippen LogP contribution in [0.2, 0.25) is 0 Å². The number of halogens is 1. The van der Waals surface area contributed by atoms with Crippen molar-refractivity contribution in [3.05, 3.63) is 0 Å². The van der Waals surface area contributed by atoms with E-state index in [0.29, 0.717) is 37.3 Å². The Morgan fingerprint density at radius 1 is 1.16 bits per heavy atom. The number of hydrogen-bond acceptors (Lipinski definition) is 4. The first kappa shape index (κ1) is 22.7. The predicted octanol–water partition coefficient (Wildman–Crippen LogP) is 2.69. The molecule has 5 nitrogen and oxygen atoms in total. The fraction of sp³-hybridized carbons (Fsp3) is 0.944. The van der Waals surface area contributed by atoms with Crippen molar-refractivity contribution in [2.75, 3.05) is 19.3 Å². The van der Waals surface area contributed by atoms with Crippen LogP contribution >= 0.6 is 12.4 Å². The smallest absolute Gasteiger partial charge is 0.241 e. The van der Waals surface area contributed by atoms with Gasteiger partial charge in [0.1, 0.15) is 0 Å². The molecule has 0 aromatic rings. The topological polar surface area (TPSA) is 75.3 Å². The lowest BCUT2D eigenvalue weighted by molar-refractivity contribution is -0.125. The Morgan fingerprint density at radius 3 is 2.12 bits per heavy atom. The maximum atomic E-state index is 12.9. The van der Waals surface area contributed by atoms with Crippen LogP contribution in [0.15, 0.2) is 0 Å². The Hall–Kier alpha value is -0.330. The molecule has 7 heteroatoms.